The van der Waals surface area contributed by atoms with Gasteiger partial charge in [-0.05, 0) is 24.6 Å². The van der Waals surface area contributed by atoms with Gasteiger partial charge in [-0.2, -0.15) is 5.10 Å². The van der Waals surface area contributed by atoms with Crippen molar-refractivity contribution in [1.82, 2.24) is 9.78 Å². The number of halogens is 1. The molecular formula is C13H16ClN3O. The number of methoxy groups -OCH3 is 1. The summed E-state index contributed by atoms with van der Waals surface area (Å²) in [7, 11) is 1.64. The number of ether oxygens (including phenoxy) is 1. The van der Waals surface area contributed by atoms with Crippen LogP contribution in [0.15, 0.2) is 30.5 Å². The van der Waals surface area contributed by atoms with Crippen molar-refractivity contribution in [1.29, 1.82) is 0 Å². The highest BCUT2D eigenvalue weighted by Crippen LogP contribution is 2.20. The summed E-state index contributed by atoms with van der Waals surface area (Å²) in [5.41, 5.74) is 8.11. The Balaban J connectivity index is 2.16. The Labute approximate surface area is 111 Å². The van der Waals surface area contributed by atoms with Gasteiger partial charge in [0.15, 0.2) is 0 Å². The average molecular weight is 266 g/mol. The van der Waals surface area contributed by atoms with Gasteiger partial charge in [0.2, 0.25) is 0 Å². The minimum absolute atomic E-state index is 0.144. The van der Waals surface area contributed by atoms with E-state index in [2.05, 4.69) is 5.10 Å². The monoisotopic (exact) mass is 265 g/mol. The second-order valence-electron chi connectivity index (χ2n) is 4.14. The van der Waals surface area contributed by atoms with E-state index in [1.807, 2.05) is 35.9 Å². The van der Waals surface area contributed by atoms with Crippen LogP contribution in [0.4, 0.5) is 0 Å². The lowest BCUT2D eigenvalue weighted by Gasteiger charge is -2.14. The molecule has 4 nitrogen and oxygen atoms in total. The standard InChI is InChI=1S/C13H16ClN3O/c1-9-12(14)7-16-17(9)8-13(15)10-4-3-5-11(6-10)18-2/h3-7,13H,8,15H2,1-2H3. The summed E-state index contributed by atoms with van der Waals surface area (Å²) in [5, 5.41) is 4.86. The molecule has 0 amide bonds. The molecule has 0 radical (unpaired) electrons. The normalized spacial score (nSPS) is 12.4. The molecule has 0 spiro atoms. The molecule has 0 aliphatic carbocycles. The Kier molecular flexibility index (Phi) is 3.89. The van der Waals surface area contributed by atoms with Gasteiger partial charge in [-0.25, -0.2) is 0 Å². The van der Waals surface area contributed by atoms with E-state index >= 15 is 0 Å². The number of nitrogens with two attached hydrogens (primary N) is 1. The topological polar surface area (TPSA) is 53.1 Å². The molecule has 1 aromatic heterocycles. The van der Waals surface area contributed by atoms with Crippen molar-refractivity contribution in [3.05, 3.63) is 46.7 Å². The van der Waals surface area contributed by atoms with Crippen molar-refractivity contribution < 1.29 is 4.74 Å². The molecule has 5 heteroatoms. The third-order valence-electron chi connectivity index (χ3n) is 2.93. The van der Waals surface area contributed by atoms with Gasteiger partial charge in [0.1, 0.15) is 5.75 Å². The Morgan fingerprint density at radius 2 is 2.28 bits per heavy atom. The number of benzene rings is 1. The largest absolute Gasteiger partial charge is 0.497 e. The number of nitrogens with zero attached hydrogens (tertiary/aromatic N) is 2. The van der Waals surface area contributed by atoms with E-state index in [1.165, 1.54) is 0 Å². The van der Waals surface area contributed by atoms with Gasteiger partial charge in [0, 0.05) is 6.04 Å². The van der Waals surface area contributed by atoms with E-state index in [0.717, 1.165) is 17.0 Å². The zero-order valence-corrected chi connectivity index (χ0v) is 11.2. The Morgan fingerprint density at radius 3 is 2.89 bits per heavy atom. The van der Waals surface area contributed by atoms with Crippen molar-refractivity contribution >= 4 is 11.6 Å². The molecule has 1 aromatic carbocycles. The number of hydrogen-bond donors (Lipinski definition) is 1. The molecule has 1 atom stereocenters. The molecule has 2 rings (SSSR count). The molecule has 18 heavy (non-hydrogen) atoms. The van der Waals surface area contributed by atoms with Gasteiger partial charge in [-0.1, -0.05) is 23.7 Å². The average Bonchev–Trinajstić information content (AvgIpc) is 2.71. The van der Waals surface area contributed by atoms with Crippen molar-refractivity contribution in [2.24, 2.45) is 5.73 Å². The third-order valence-corrected chi connectivity index (χ3v) is 3.31. The van der Waals surface area contributed by atoms with Crippen molar-refractivity contribution in [3.8, 4) is 5.75 Å². The quantitative estimate of drug-likeness (QED) is 0.924. The summed E-state index contributed by atoms with van der Waals surface area (Å²) in [4.78, 5) is 0. The summed E-state index contributed by atoms with van der Waals surface area (Å²) in [6.45, 7) is 2.51. The molecule has 0 saturated heterocycles. The molecule has 0 aliphatic heterocycles. The predicted octanol–water partition coefficient (Wildman–Crippen LogP) is 2.55. The summed E-state index contributed by atoms with van der Waals surface area (Å²) >= 11 is 5.96. The molecule has 96 valence electrons. The van der Waals surface area contributed by atoms with Crippen molar-refractivity contribution in [3.63, 3.8) is 0 Å². The highest BCUT2D eigenvalue weighted by Gasteiger charge is 2.11. The first kappa shape index (κ1) is 12.9. The molecule has 1 unspecified atom stereocenters. The fourth-order valence-corrected chi connectivity index (χ4v) is 1.91. The highest BCUT2D eigenvalue weighted by atomic mass is 35.5. The molecular weight excluding hydrogens is 250 g/mol. The van der Waals surface area contributed by atoms with Crippen LogP contribution in [0.25, 0.3) is 0 Å². The molecule has 2 aromatic rings. The van der Waals surface area contributed by atoms with E-state index in [4.69, 9.17) is 22.1 Å². The third kappa shape index (κ3) is 2.66. The lowest BCUT2D eigenvalue weighted by atomic mass is 10.1. The Morgan fingerprint density at radius 1 is 1.50 bits per heavy atom. The summed E-state index contributed by atoms with van der Waals surface area (Å²) in [6, 6.07) is 7.59. The maximum absolute atomic E-state index is 6.17. The van der Waals surface area contributed by atoms with Gasteiger partial charge in [-0.15, -0.1) is 0 Å². The van der Waals surface area contributed by atoms with Crippen LogP contribution in [0.3, 0.4) is 0 Å². The molecule has 2 N–H and O–H groups in total. The van der Waals surface area contributed by atoms with Gasteiger partial charge < -0.3 is 10.5 Å². The van der Waals surface area contributed by atoms with E-state index in [1.54, 1.807) is 13.3 Å². The van der Waals surface area contributed by atoms with Crippen LogP contribution in [0.1, 0.15) is 17.3 Å². The number of hydrogen-bond acceptors (Lipinski definition) is 3. The minimum Gasteiger partial charge on any atom is -0.497 e. The summed E-state index contributed by atoms with van der Waals surface area (Å²) < 4.78 is 7.00. The zero-order valence-electron chi connectivity index (χ0n) is 10.4. The molecule has 1 heterocycles. The number of rotatable bonds is 4. The van der Waals surface area contributed by atoms with Gasteiger partial charge in [0.25, 0.3) is 0 Å². The maximum Gasteiger partial charge on any atom is 0.119 e. The van der Waals surface area contributed by atoms with Crippen LogP contribution >= 0.6 is 11.6 Å². The second-order valence-corrected chi connectivity index (χ2v) is 4.55. The lowest BCUT2D eigenvalue weighted by molar-refractivity contribution is 0.413. The summed E-state index contributed by atoms with van der Waals surface area (Å²) in [5.74, 6) is 0.804. The van der Waals surface area contributed by atoms with E-state index in [-0.39, 0.29) is 6.04 Å². The maximum atomic E-state index is 6.17. The fraction of sp³-hybridized carbons (Fsp3) is 0.308. The van der Waals surface area contributed by atoms with Gasteiger partial charge >= 0.3 is 0 Å². The van der Waals surface area contributed by atoms with Gasteiger partial charge in [-0.3, -0.25) is 4.68 Å². The highest BCUT2D eigenvalue weighted by molar-refractivity contribution is 6.31. The van der Waals surface area contributed by atoms with Crippen LogP contribution in [-0.2, 0) is 6.54 Å². The Bertz CT molecular complexity index is 539. The Hall–Kier alpha value is -1.52. The van der Waals surface area contributed by atoms with Crippen molar-refractivity contribution in [2.75, 3.05) is 7.11 Å². The fourth-order valence-electron chi connectivity index (χ4n) is 1.77. The van der Waals surface area contributed by atoms with E-state index in [0.29, 0.717) is 11.6 Å². The number of aromatic nitrogens is 2. The zero-order chi connectivity index (χ0) is 13.1. The molecule has 0 bridgehead atoms. The first-order chi connectivity index (χ1) is 8.61. The van der Waals surface area contributed by atoms with Crippen LogP contribution in [0, 0.1) is 6.92 Å². The predicted molar refractivity (Wildman–Crippen MR) is 71.9 cm³/mol. The van der Waals surface area contributed by atoms with Crippen LogP contribution < -0.4 is 10.5 Å². The molecule has 0 saturated carbocycles. The van der Waals surface area contributed by atoms with Crippen LogP contribution in [0.5, 0.6) is 5.75 Å². The first-order valence-corrected chi connectivity index (χ1v) is 6.07. The smallest absolute Gasteiger partial charge is 0.119 e. The van der Waals surface area contributed by atoms with E-state index in [9.17, 15) is 0 Å². The first-order valence-electron chi connectivity index (χ1n) is 5.69. The van der Waals surface area contributed by atoms with Gasteiger partial charge in [0.05, 0.1) is 30.6 Å². The summed E-state index contributed by atoms with van der Waals surface area (Å²) in [6.07, 6.45) is 1.63. The minimum atomic E-state index is -0.144. The molecule has 0 aliphatic rings. The van der Waals surface area contributed by atoms with E-state index < -0.39 is 0 Å². The van der Waals surface area contributed by atoms with Crippen molar-refractivity contribution in [2.45, 2.75) is 19.5 Å². The van der Waals surface area contributed by atoms with Crippen LogP contribution in [0.2, 0.25) is 5.02 Å². The SMILES string of the molecule is COc1cccc(C(N)Cn2ncc(Cl)c2C)c1. The lowest BCUT2D eigenvalue weighted by Crippen LogP contribution is -2.19. The molecule has 0 fully saturated rings. The van der Waals surface area contributed by atoms with Crippen LogP contribution in [-0.4, -0.2) is 16.9 Å². The second kappa shape index (κ2) is 5.42.